The third-order valence-corrected chi connectivity index (χ3v) is 5.87. The molecule has 0 spiro atoms. The topological polar surface area (TPSA) is 65.1 Å². The lowest BCUT2D eigenvalue weighted by Crippen LogP contribution is -2.34. The molecule has 2 aliphatic carbocycles. The maximum absolute atomic E-state index is 13.0. The molecule has 4 heteroatoms. The number of fused-ring (bicyclic) bond motifs is 4. The van der Waals surface area contributed by atoms with Crippen LogP contribution in [0.5, 0.6) is 0 Å². The van der Waals surface area contributed by atoms with Gasteiger partial charge >= 0.3 is 0 Å². The summed E-state index contributed by atoms with van der Waals surface area (Å²) < 4.78 is 0. The first-order chi connectivity index (χ1) is 12.7. The molecular weight excluding hydrogens is 324 g/mol. The molecule has 2 atom stereocenters. The zero-order chi connectivity index (χ0) is 17.7. The number of rotatable bonds is 2. The molecule has 2 aliphatic rings. The van der Waals surface area contributed by atoms with Gasteiger partial charge in [0.1, 0.15) is 0 Å². The number of para-hydroxylation sites is 1. The molecule has 3 aromatic rings. The lowest BCUT2D eigenvalue weighted by molar-refractivity contribution is 0.0859. The van der Waals surface area contributed by atoms with Gasteiger partial charge in [-0.2, -0.15) is 0 Å². The van der Waals surface area contributed by atoms with Gasteiger partial charge < -0.3 is 15.4 Å². The fraction of sp³-hybridized carbons (Fsp3) is 0.318. The summed E-state index contributed by atoms with van der Waals surface area (Å²) in [7, 11) is 0. The molecule has 132 valence electrons. The van der Waals surface area contributed by atoms with Crippen LogP contribution in [-0.4, -0.2) is 22.1 Å². The molecule has 0 radical (unpaired) electrons. The number of H-pyrrole nitrogens is 1. The van der Waals surface area contributed by atoms with Crippen LogP contribution in [0.3, 0.4) is 0 Å². The molecule has 0 aliphatic heterocycles. The molecule has 2 unspecified atom stereocenters. The normalized spacial score (nSPS) is 21.4. The van der Waals surface area contributed by atoms with E-state index in [-0.39, 0.29) is 11.9 Å². The first-order valence-electron chi connectivity index (χ1n) is 9.41. The maximum Gasteiger partial charge on any atom is 0.253 e. The van der Waals surface area contributed by atoms with Crippen molar-refractivity contribution in [1.29, 1.82) is 0 Å². The van der Waals surface area contributed by atoms with Crippen LogP contribution in [0.1, 0.15) is 51.6 Å². The number of hydrogen-bond acceptors (Lipinski definition) is 2. The van der Waals surface area contributed by atoms with Crippen LogP contribution in [0.25, 0.3) is 10.9 Å². The predicted molar refractivity (Wildman–Crippen MR) is 101 cm³/mol. The second kappa shape index (κ2) is 5.99. The van der Waals surface area contributed by atoms with Crippen LogP contribution in [0.2, 0.25) is 0 Å². The van der Waals surface area contributed by atoms with Crippen molar-refractivity contribution in [3.8, 4) is 0 Å². The van der Waals surface area contributed by atoms with Crippen molar-refractivity contribution in [2.45, 2.75) is 44.2 Å². The number of amides is 1. The van der Waals surface area contributed by atoms with E-state index in [4.69, 9.17) is 0 Å². The van der Waals surface area contributed by atoms with Crippen LogP contribution < -0.4 is 5.32 Å². The highest BCUT2D eigenvalue weighted by Gasteiger charge is 2.32. The van der Waals surface area contributed by atoms with E-state index in [2.05, 4.69) is 16.4 Å². The summed E-state index contributed by atoms with van der Waals surface area (Å²) in [6.07, 6.45) is 4.55. The largest absolute Gasteiger partial charge is 0.390 e. The molecule has 2 aromatic carbocycles. The predicted octanol–water partition coefficient (Wildman–Crippen LogP) is 3.43. The number of aliphatic hydroxyl groups is 1. The SMILES string of the molecule is O=C(NC1c2ccccc2CC1O)c1cccc2c3c([nH]c12)CCCC3. The first-order valence-corrected chi connectivity index (χ1v) is 9.41. The van der Waals surface area contributed by atoms with Gasteiger partial charge in [0.15, 0.2) is 0 Å². The number of aryl methyl sites for hydroxylation is 2. The number of aliphatic hydroxyl groups excluding tert-OH is 1. The third-order valence-electron chi connectivity index (χ3n) is 5.87. The summed E-state index contributed by atoms with van der Waals surface area (Å²) in [4.78, 5) is 16.5. The van der Waals surface area contributed by atoms with E-state index in [0.717, 1.165) is 29.5 Å². The van der Waals surface area contributed by atoms with E-state index in [1.807, 2.05) is 36.4 Å². The Balaban J connectivity index is 1.51. The van der Waals surface area contributed by atoms with Crippen molar-refractivity contribution in [3.05, 3.63) is 70.4 Å². The van der Waals surface area contributed by atoms with Gasteiger partial charge in [0, 0.05) is 17.5 Å². The molecule has 1 aromatic heterocycles. The van der Waals surface area contributed by atoms with Gasteiger partial charge in [-0.1, -0.05) is 36.4 Å². The minimum atomic E-state index is -0.576. The summed E-state index contributed by atoms with van der Waals surface area (Å²) in [5.74, 6) is -0.130. The first kappa shape index (κ1) is 15.6. The van der Waals surface area contributed by atoms with Crippen molar-refractivity contribution >= 4 is 16.8 Å². The van der Waals surface area contributed by atoms with E-state index >= 15 is 0 Å². The molecule has 0 saturated heterocycles. The fourth-order valence-electron chi connectivity index (χ4n) is 4.59. The van der Waals surface area contributed by atoms with Gasteiger partial charge in [0.2, 0.25) is 0 Å². The molecule has 1 heterocycles. The summed E-state index contributed by atoms with van der Waals surface area (Å²) in [5.41, 5.74) is 6.36. The minimum absolute atomic E-state index is 0.130. The summed E-state index contributed by atoms with van der Waals surface area (Å²) in [6, 6.07) is 13.5. The molecule has 0 saturated carbocycles. The van der Waals surface area contributed by atoms with Crippen LogP contribution in [-0.2, 0) is 19.3 Å². The summed E-state index contributed by atoms with van der Waals surface area (Å²) >= 11 is 0. The lowest BCUT2D eigenvalue weighted by atomic mass is 9.95. The number of hydrogen-bond donors (Lipinski definition) is 3. The Morgan fingerprint density at radius 2 is 1.92 bits per heavy atom. The van der Waals surface area contributed by atoms with Crippen molar-refractivity contribution in [2.75, 3.05) is 0 Å². The summed E-state index contributed by atoms with van der Waals surface area (Å²) in [6.45, 7) is 0. The zero-order valence-electron chi connectivity index (χ0n) is 14.6. The average molecular weight is 346 g/mol. The van der Waals surface area contributed by atoms with E-state index in [0.29, 0.717) is 12.0 Å². The number of aromatic amines is 1. The second-order valence-electron chi connectivity index (χ2n) is 7.44. The Kier molecular flexibility index (Phi) is 3.61. The van der Waals surface area contributed by atoms with Crippen molar-refractivity contribution < 1.29 is 9.90 Å². The summed E-state index contributed by atoms with van der Waals surface area (Å²) in [5, 5.41) is 14.7. The van der Waals surface area contributed by atoms with Crippen LogP contribution >= 0.6 is 0 Å². The minimum Gasteiger partial charge on any atom is -0.390 e. The van der Waals surface area contributed by atoms with Gasteiger partial charge in [-0.05, 0) is 48.4 Å². The molecule has 0 bridgehead atoms. The molecule has 0 fully saturated rings. The Labute approximate surface area is 152 Å². The number of carbonyl (C=O) groups excluding carboxylic acids is 1. The van der Waals surface area contributed by atoms with Gasteiger partial charge in [-0.3, -0.25) is 4.79 Å². The zero-order valence-corrected chi connectivity index (χ0v) is 14.6. The Hall–Kier alpha value is -2.59. The molecule has 5 rings (SSSR count). The number of benzene rings is 2. The monoisotopic (exact) mass is 346 g/mol. The van der Waals surface area contributed by atoms with Gasteiger partial charge in [0.05, 0.1) is 23.2 Å². The highest BCUT2D eigenvalue weighted by molar-refractivity contribution is 6.07. The van der Waals surface area contributed by atoms with E-state index in [9.17, 15) is 9.90 Å². The average Bonchev–Trinajstić information content (AvgIpc) is 3.19. The van der Waals surface area contributed by atoms with Crippen LogP contribution in [0.4, 0.5) is 0 Å². The Bertz CT molecular complexity index is 1000. The molecule has 26 heavy (non-hydrogen) atoms. The standard InChI is InChI=1S/C22H22N2O2/c25-19-12-13-6-1-2-7-14(13)21(19)24-22(26)17-10-5-9-16-15-8-3-4-11-18(15)23-20(16)17/h1-2,5-7,9-10,19,21,23,25H,3-4,8,11-12H2,(H,24,26). The molecular formula is C22H22N2O2. The van der Waals surface area contributed by atoms with Crippen LogP contribution in [0, 0.1) is 0 Å². The number of carbonyl (C=O) groups is 1. The highest BCUT2D eigenvalue weighted by Crippen LogP contribution is 2.33. The third kappa shape index (κ3) is 2.36. The van der Waals surface area contributed by atoms with Crippen molar-refractivity contribution in [3.63, 3.8) is 0 Å². The van der Waals surface area contributed by atoms with Gasteiger partial charge in [0.25, 0.3) is 5.91 Å². The quantitative estimate of drug-likeness (QED) is 0.665. The van der Waals surface area contributed by atoms with Crippen LogP contribution in [0.15, 0.2) is 42.5 Å². The fourth-order valence-corrected chi connectivity index (χ4v) is 4.59. The smallest absolute Gasteiger partial charge is 0.253 e. The van der Waals surface area contributed by atoms with E-state index in [1.165, 1.54) is 29.5 Å². The van der Waals surface area contributed by atoms with Gasteiger partial charge in [-0.25, -0.2) is 0 Å². The van der Waals surface area contributed by atoms with Crippen molar-refractivity contribution in [2.24, 2.45) is 0 Å². The number of aromatic nitrogens is 1. The molecule has 3 N–H and O–H groups in total. The van der Waals surface area contributed by atoms with Gasteiger partial charge in [-0.15, -0.1) is 0 Å². The maximum atomic E-state index is 13.0. The molecule has 4 nitrogen and oxygen atoms in total. The Morgan fingerprint density at radius 1 is 1.08 bits per heavy atom. The van der Waals surface area contributed by atoms with Crippen molar-refractivity contribution in [1.82, 2.24) is 10.3 Å². The second-order valence-corrected chi connectivity index (χ2v) is 7.44. The van der Waals surface area contributed by atoms with E-state index < -0.39 is 6.10 Å². The number of nitrogens with one attached hydrogen (secondary N) is 2. The highest BCUT2D eigenvalue weighted by atomic mass is 16.3. The lowest BCUT2D eigenvalue weighted by Gasteiger charge is -2.18. The molecule has 1 amide bonds. The Morgan fingerprint density at radius 3 is 2.85 bits per heavy atom. The van der Waals surface area contributed by atoms with E-state index in [1.54, 1.807) is 0 Å².